The van der Waals surface area contributed by atoms with Gasteiger partial charge in [0.2, 0.25) is 5.91 Å². The Morgan fingerprint density at radius 2 is 1.83 bits per heavy atom. The van der Waals surface area contributed by atoms with Crippen LogP contribution in [0.15, 0.2) is 18.2 Å². The van der Waals surface area contributed by atoms with Crippen LogP contribution in [0.2, 0.25) is 10.0 Å². The van der Waals surface area contributed by atoms with Crippen LogP contribution in [0.4, 0.5) is 0 Å². The molecule has 0 atom stereocenters. The topological polar surface area (TPSA) is 70.2 Å². The third-order valence-electron chi connectivity index (χ3n) is 4.11. The summed E-state index contributed by atoms with van der Waals surface area (Å²) in [5.74, 6) is -0.551. The minimum absolute atomic E-state index is 0. The molecular weight excluding hydrogens is 373 g/mol. The third-order valence-corrected chi connectivity index (χ3v) is 4.85. The van der Waals surface area contributed by atoms with Gasteiger partial charge in [0, 0.05) is 12.1 Å². The molecule has 0 bridgehead atoms. The van der Waals surface area contributed by atoms with Crippen molar-refractivity contribution in [3.8, 4) is 0 Å². The number of amides is 2. The molecule has 5 nitrogen and oxygen atoms in total. The Morgan fingerprint density at radius 1 is 1.17 bits per heavy atom. The fraction of sp³-hybridized carbons (Fsp3) is 0.500. The quantitative estimate of drug-likeness (QED) is 0.719. The van der Waals surface area contributed by atoms with Crippen molar-refractivity contribution < 1.29 is 9.59 Å². The van der Waals surface area contributed by atoms with Crippen molar-refractivity contribution in [2.75, 3.05) is 26.2 Å². The zero-order valence-electron chi connectivity index (χ0n) is 13.5. The van der Waals surface area contributed by atoms with Crippen molar-refractivity contribution in [1.82, 2.24) is 16.0 Å². The van der Waals surface area contributed by atoms with E-state index in [-0.39, 0.29) is 36.2 Å². The first kappa shape index (κ1) is 21.0. The van der Waals surface area contributed by atoms with Gasteiger partial charge in [-0.1, -0.05) is 30.1 Å². The lowest BCUT2D eigenvalue weighted by molar-refractivity contribution is -0.120. The Labute approximate surface area is 158 Å². The van der Waals surface area contributed by atoms with E-state index in [0.717, 1.165) is 25.9 Å². The molecule has 0 aliphatic carbocycles. The molecule has 24 heavy (non-hydrogen) atoms. The van der Waals surface area contributed by atoms with Crippen LogP contribution in [0, 0.1) is 5.41 Å². The summed E-state index contributed by atoms with van der Waals surface area (Å²) in [4.78, 5) is 23.9. The predicted octanol–water partition coefficient (Wildman–Crippen LogP) is 2.65. The molecule has 0 radical (unpaired) electrons. The van der Waals surface area contributed by atoms with Gasteiger partial charge in [0.15, 0.2) is 0 Å². The summed E-state index contributed by atoms with van der Waals surface area (Å²) in [6, 6.07) is 4.60. The van der Waals surface area contributed by atoms with E-state index in [1.165, 1.54) is 6.07 Å². The van der Waals surface area contributed by atoms with Crippen molar-refractivity contribution in [3.05, 3.63) is 33.8 Å². The van der Waals surface area contributed by atoms with Gasteiger partial charge >= 0.3 is 0 Å². The zero-order valence-corrected chi connectivity index (χ0v) is 15.8. The van der Waals surface area contributed by atoms with Crippen LogP contribution in [0.5, 0.6) is 0 Å². The maximum atomic E-state index is 12.0. The van der Waals surface area contributed by atoms with Gasteiger partial charge < -0.3 is 16.0 Å². The molecule has 0 saturated carbocycles. The lowest BCUT2D eigenvalue weighted by atomic mass is 9.81. The minimum atomic E-state index is -0.355. The molecule has 1 fully saturated rings. The summed E-state index contributed by atoms with van der Waals surface area (Å²) in [6.07, 6.45) is 2.06. The Bertz CT molecular complexity index is 590. The van der Waals surface area contributed by atoms with Crippen LogP contribution in [0.25, 0.3) is 0 Å². The fourth-order valence-electron chi connectivity index (χ4n) is 2.48. The second-order valence-corrected chi connectivity index (χ2v) is 6.96. The van der Waals surface area contributed by atoms with Crippen LogP contribution in [-0.2, 0) is 4.79 Å². The summed E-state index contributed by atoms with van der Waals surface area (Å²) in [6.45, 7) is 4.67. The smallest absolute Gasteiger partial charge is 0.251 e. The lowest BCUT2D eigenvalue weighted by Gasteiger charge is -2.34. The average molecular weight is 395 g/mol. The maximum absolute atomic E-state index is 12.0. The number of carbonyl (C=O) groups excluding carboxylic acids is 2. The lowest BCUT2D eigenvalue weighted by Crippen LogP contribution is -2.45. The van der Waals surface area contributed by atoms with Gasteiger partial charge in [-0.2, -0.15) is 0 Å². The van der Waals surface area contributed by atoms with Crippen LogP contribution in [0.3, 0.4) is 0 Å². The van der Waals surface area contributed by atoms with Gasteiger partial charge in [0.05, 0.1) is 16.6 Å². The number of nitrogens with one attached hydrogen (secondary N) is 3. The van der Waals surface area contributed by atoms with Gasteiger partial charge in [-0.15, -0.1) is 12.4 Å². The first-order valence-electron chi connectivity index (χ1n) is 7.60. The molecule has 1 heterocycles. The SMILES string of the molecule is CC1(CNC(=O)CNC(=O)c2ccc(Cl)c(Cl)c2)CCNCC1.Cl. The predicted molar refractivity (Wildman–Crippen MR) is 99.3 cm³/mol. The Morgan fingerprint density at radius 3 is 2.46 bits per heavy atom. The molecule has 3 N–H and O–H groups in total. The number of piperidine rings is 1. The molecule has 0 unspecified atom stereocenters. The van der Waals surface area contributed by atoms with Gasteiger partial charge in [-0.3, -0.25) is 9.59 Å². The van der Waals surface area contributed by atoms with E-state index in [9.17, 15) is 9.59 Å². The molecule has 1 aromatic carbocycles. The average Bonchev–Trinajstić information content (AvgIpc) is 2.54. The van der Waals surface area contributed by atoms with Gasteiger partial charge in [-0.25, -0.2) is 0 Å². The number of hydrogen-bond acceptors (Lipinski definition) is 3. The summed E-state index contributed by atoms with van der Waals surface area (Å²) in [7, 11) is 0. The molecule has 1 aliphatic rings. The van der Waals surface area contributed by atoms with Crippen LogP contribution in [0.1, 0.15) is 30.1 Å². The largest absolute Gasteiger partial charge is 0.354 e. The highest BCUT2D eigenvalue weighted by atomic mass is 35.5. The van der Waals surface area contributed by atoms with Crippen molar-refractivity contribution >= 4 is 47.4 Å². The van der Waals surface area contributed by atoms with Gasteiger partial charge in [0.1, 0.15) is 0 Å². The van der Waals surface area contributed by atoms with Crippen LogP contribution >= 0.6 is 35.6 Å². The van der Waals surface area contributed by atoms with E-state index in [4.69, 9.17) is 23.2 Å². The standard InChI is InChI=1S/C16H21Cl2N3O2.ClH/c1-16(4-6-19-7-5-16)10-21-14(22)9-20-15(23)11-2-3-12(17)13(18)8-11;/h2-3,8,19H,4-7,9-10H2,1H3,(H,20,23)(H,21,22);1H. The minimum Gasteiger partial charge on any atom is -0.354 e. The summed E-state index contributed by atoms with van der Waals surface area (Å²) in [5.41, 5.74) is 0.492. The van der Waals surface area contributed by atoms with Crippen molar-refractivity contribution in [3.63, 3.8) is 0 Å². The van der Waals surface area contributed by atoms with E-state index >= 15 is 0 Å². The number of halogens is 3. The Kier molecular flexibility index (Phi) is 8.30. The molecule has 8 heteroatoms. The molecule has 1 saturated heterocycles. The number of rotatable bonds is 5. The van der Waals surface area contributed by atoms with Crippen molar-refractivity contribution in [2.24, 2.45) is 5.41 Å². The van der Waals surface area contributed by atoms with E-state index in [2.05, 4.69) is 22.9 Å². The molecule has 0 aromatic heterocycles. The van der Waals surface area contributed by atoms with Crippen molar-refractivity contribution in [2.45, 2.75) is 19.8 Å². The highest BCUT2D eigenvalue weighted by Crippen LogP contribution is 2.26. The van der Waals surface area contributed by atoms with Crippen LogP contribution in [-0.4, -0.2) is 38.0 Å². The number of hydrogen-bond donors (Lipinski definition) is 3. The van der Waals surface area contributed by atoms with Crippen LogP contribution < -0.4 is 16.0 Å². The molecule has 1 aliphatic heterocycles. The molecule has 0 spiro atoms. The Balaban J connectivity index is 0.00000288. The maximum Gasteiger partial charge on any atom is 0.251 e. The second-order valence-electron chi connectivity index (χ2n) is 6.15. The zero-order chi connectivity index (χ0) is 16.9. The summed E-state index contributed by atoms with van der Waals surface area (Å²) >= 11 is 11.7. The first-order valence-corrected chi connectivity index (χ1v) is 8.36. The summed E-state index contributed by atoms with van der Waals surface area (Å²) < 4.78 is 0. The highest BCUT2D eigenvalue weighted by Gasteiger charge is 2.26. The molecular formula is C16H22Cl3N3O2. The van der Waals surface area contributed by atoms with E-state index < -0.39 is 0 Å². The van der Waals surface area contributed by atoms with E-state index in [1.807, 2.05) is 0 Å². The van der Waals surface area contributed by atoms with Gasteiger partial charge in [-0.05, 0) is 49.5 Å². The fourth-order valence-corrected chi connectivity index (χ4v) is 2.78. The molecule has 2 amide bonds. The third kappa shape index (κ3) is 6.13. The first-order chi connectivity index (χ1) is 10.9. The molecule has 2 rings (SSSR count). The number of benzene rings is 1. The summed E-state index contributed by atoms with van der Waals surface area (Å²) in [5, 5.41) is 9.47. The van der Waals surface area contributed by atoms with E-state index in [0.29, 0.717) is 22.2 Å². The number of carbonyl (C=O) groups is 2. The molecule has 1 aromatic rings. The van der Waals surface area contributed by atoms with Gasteiger partial charge in [0.25, 0.3) is 5.91 Å². The highest BCUT2D eigenvalue weighted by molar-refractivity contribution is 6.42. The Hall–Kier alpha value is -1.01. The van der Waals surface area contributed by atoms with Crippen molar-refractivity contribution in [1.29, 1.82) is 0 Å². The normalized spacial score (nSPS) is 16.0. The van der Waals surface area contributed by atoms with E-state index in [1.54, 1.807) is 12.1 Å². The second kappa shape index (κ2) is 9.47. The molecule has 134 valence electrons. The monoisotopic (exact) mass is 393 g/mol.